The lowest BCUT2D eigenvalue weighted by Gasteiger charge is -2.21. The van der Waals surface area contributed by atoms with Gasteiger partial charge < -0.3 is 14.3 Å². The third-order valence-electron chi connectivity index (χ3n) is 3.74. The first-order chi connectivity index (χ1) is 12.1. The molecule has 3 heterocycles. The molecule has 25 heavy (non-hydrogen) atoms. The maximum absolute atomic E-state index is 12.4. The average molecular weight is 377 g/mol. The molecule has 1 amide bonds. The number of hydrogen-bond acceptors (Lipinski definition) is 6. The SMILES string of the molecule is CC(C)C(NC(=O)CSc1nnc(-c2ccco2)n1C)c1cccs1. The van der Waals surface area contributed by atoms with Crippen LogP contribution in [0.2, 0.25) is 0 Å². The van der Waals surface area contributed by atoms with Gasteiger partial charge in [0.05, 0.1) is 18.1 Å². The highest BCUT2D eigenvalue weighted by Gasteiger charge is 2.20. The molecule has 0 saturated heterocycles. The Kier molecular flexibility index (Phi) is 5.60. The van der Waals surface area contributed by atoms with Crippen LogP contribution in [0.3, 0.4) is 0 Å². The quantitative estimate of drug-likeness (QED) is 0.636. The van der Waals surface area contributed by atoms with E-state index in [1.165, 1.54) is 16.6 Å². The van der Waals surface area contributed by atoms with E-state index < -0.39 is 0 Å². The fraction of sp³-hybridized carbons (Fsp3) is 0.353. The van der Waals surface area contributed by atoms with Crippen LogP contribution in [0.4, 0.5) is 0 Å². The summed E-state index contributed by atoms with van der Waals surface area (Å²) in [5.41, 5.74) is 0. The predicted octanol–water partition coefficient (Wildman–Crippen LogP) is 3.74. The minimum absolute atomic E-state index is 0.0142. The molecule has 0 aliphatic heterocycles. The average Bonchev–Trinajstić information content (AvgIpc) is 3.32. The summed E-state index contributed by atoms with van der Waals surface area (Å²) in [4.78, 5) is 13.5. The van der Waals surface area contributed by atoms with Gasteiger partial charge in [0.1, 0.15) is 0 Å². The third kappa shape index (κ3) is 4.13. The zero-order chi connectivity index (χ0) is 17.8. The maximum Gasteiger partial charge on any atom is 0.230 e. The standard InChI is InChI=1S/C17H20N4O2S2/c1-11(2)15(13-7-5-9-24-13)18-14(22)10-25-17-20-19-16(21(17)3)12-6-4-8-23-12/h4-9,11,15H,10H2,1-3H3,(H,18,22). The molecule has 132 valence electrons. The lowest BCUT2D eigenvalue weighted by atomic mass is 10.0. The second-order valence-electron chi connectivity index (χ2n) is 5.94. The molecule has 3 rings (SSSR count). The number of furan rings is 1. The second kappa shape index (κ2) is 7.88. The summed E-state index contributed by atoms with van der Waals surface area (Å²) in [6.45, 7) is 4.21. The Morgan fingerprint density at radius 1 is 1.36 bits per heavy atom. The van der Waals surface area contributed by atoms with E-state index in [4.69, 9.17) is 4.42 Å². The maximum atomic E-state index is 12.4. The third-order valence-corrected chi connectivity index (χ3v) is 5.72. The van der Waals surface area contributed by atoms with Gasteiger partial charge in [-0.1, -0.05) is 31.7 Å². The van der Waals surface area contributed by atoms with Gasteiger partial charge in [-0.05, 0) is 29.5 Å². The molecule has 0 aromatic carbocycles. The van der Waals surface area contributed by atoms with Crippen molar-refractivity contribution in [2.24, 2.45) is 13.0 Å². The van der Waals surface area contributed by atoms with Crippen molar-refractivity contribution in [1.82, 2.24) is 20.1 Å². The number of rotatable bonds is 7. The van der Waals surface area contributed by atoms with Gasteiger partial charge in [0.15, 0.2) is 16.7 Å². The Morgan fingerprint density at radius 2 is 2.20 bits per heavy atom. The topological polar surface area (TPSA) is 73.0 Å². The summed E-state index contributed by atoms with van der Waals surface area (Å²) < 4.78 is 7.18. The van der Waals surface area contributed by atoms with Crippen molar-refractivity contribution in [1.29, 1.82) is 0 Å². The molecule has 3 aromatic rings. The van der Waals surface area contributed by atoms with E-state index in [9.17, 15) is 4.79 Å². The predicted molar refractivity (Wildman–Crippen MR) is 99.5 cm³/mol. The van der Waals surface area contributed by atoms with E-state index in [0.717, 1.165) is 0 Å². The molecular formula is C17H20N4O2S2. The number of amides is 1. The summed E-state index contributed by atoms with van der Waals surface area (Å²) in [5.74, 6) is 1.90. The minimum atomic E-state index is -0.0142. The van der Waals surface area contributed by atoms with Gasteiger partial charge in [0.2, 0.25) is 5.91 Å². The zero-order valence-electron chi connectivity index (χ0n) is 14.3. The van der Waals surface area contributed by atoms with Crippen LogP contribution in [0, 0.1) is 5.92 Å². The lowest BCUT2D eigenvalue weighted by molar-refractivity contribution is -0.119. The molecule has 1 unspecified atom stereocenters. The normalized spacial score (nSPS) is 12.5. The highest BCUT2D eigenvalue weighted by Crippen LogP contribution is 2.27. The minimum Gasteiger partial charge on any atom is -0.461 e. The monoisotopic (exact) mass is 376 g/mol. The number of aromatic nitrogens is 3. The molecular weight excluding hydrogens is 356 g/mol. The van der Waals surface area contributed by atoms with Crippen LogP contribution in [-0.4, -0.2) is 26.4 Å². The molecule has 0 spiro atoms. The summed E-state index contributed by atoms with van der Waals surface area (Å²) >= 11 is 3.02. The molecule has 3 aromatic heterocycles. The summed E-state index contributed by atoms with van der Waals surface area (Å²) in [6.07, 6.45) is 1.60. The Balaban J connectivity index is 1.61. The van der Waals surface area contributed by atoms with E-state index >= 15 is 0 Å². The van der Waals surface area contributed by atoms with Crippen LogP contribution in [0.15, 0.2) is 45.5 Å². The molecule has 6 nitrogen and oxygen atoms in total. The van der Waals surface area contributed by atoms with Crippen molar-refractivity contribution in [3.63, 3.8) is 0 Å². The van der Waals surface area contributed by atoms with Crippen LogP contribution in [0.1, 0.15) is 24.8 Å². The van der Waals surface area contributed by atoms with Gasteiger partial charge in [0, 0.05) is 11.9 Å². The molecule has 0 aliphatic rings. The number of thioether (sulfide) groups is 1. The molecule has 1 atom stereocenters. The lowest BCUT2D eigenvalue weighted by Crippen LogP contribution is -2.32. The van der Waals surface area contributed by atoms with Crippen molar-refractivity contribution >= 4 is 29.0 Å². The van der Waals surface area contributed by atoms with Crippen LogP contribution in [0.25, 0.3) is 11.6 Å². The number of nitrogens with one attached hydrogen (secondary N) is 1. The Labute approximate surface area is 154 Å². The van der Waals surface area contributed by atoms with E-state index in [0.29, 0.717) is 28.4 Å². The van der Waals surface area contributed by atoms with Crippen molar-refractivity contribution in [2.75, 3.05) is 5.75 Å². The van der Waals surface area contributed by atoms with Crippen LogP contribution in [0.5, 0.6) is 0 Å². The van der Waals surface area contributed by atoms with Crippen molar-refractivity contribution in [3.8, 4) is 11.6 Å². The molecule has 0 bridgehead atoms. The number of carbonyl (C=O) groups excluding carboxylic acids is 1. The molecule has 8 heteroatoms. The number of carbonyl (C=O) groups is 1. The van der Waals surface area contributed by atoms with Crippen LogP contribution < -0.4 is 5.32 Å². The zero-order valence-corrected chi connectivity index (χ0v) is 15.9. The van der Waals surface area contributed by atoms with Crippen LogP contribution in [-0.2, 0) is 11.8 Å². The fourth-order valence-corrected chi connectivity index (χ4v) is 4.11. The first kappa shape index (κ1) is 17.8. The first-order valence-electron chi connectivity index (χ1n) is 7.95. The Morgan fingerprint density at radius 3 is 2.84 bits per heavy atom. The van der Waals surface area contributed by atoms with Gasteiger partial charge in [-0.3, -0.25) is 4.79 Å². The van der Waals surface area contributed by atoms with Gasteiger partial charge in [-0.2, -0.15) is 0 Å². The van der Waals surface area contributed by atoms with E-state index in [1.54, 1.807) is 23.7 Å². The van der Waals surface area contributed by atoms with E-state index in [-0.39, 0.29) is 11.9 Å². The Hall–Kier alpha value is -2.06. The van der Waals surface area contributed by atoms with Gasteiger partial charge in [-0.25, -0.2) is 0 Å². The smallest absolute Gasteiger partial charge is 0.230 e. The molecule has 0 saturated carbocycles. The van der Waals surface area contributed by atoms with E-state index in [2.05, 4.69) is 35.4 Å². The molecule has 0 fully saturated rings. The number of nitrogens with zero attached hydrogens (tertiary/aromatic N) is 3. The van der Waals surface area contributed by atoms with Crippen molar-refractivity contribution in [2.45, 2.75) is 25.0 Å². The first-order valence-corrected chi connectivity index (χ1v) is 9.81. The van der Waals surface area contributed by atoms with Gasteiger partial charge >= 0.3 is 0 Å². The molecule has 1 N–H and O–H groups in total. The fourth-order valence-electron chi connectivity index (χ4n) is 2.44. The molecule has 0 radical (unpaired) electrons. The Bertz CT molecular complexity index is 810. The van der Waals surface area contributed by atoms with Gasteiger partial charge in [-0.15, -0.1) is 21.5 Å². The van der Waals surface area contributed by atoms with Crippen LogP contribution >= 0.6 is 23.1 Å². The second-order valence-corrected chi connectivity index (χ2v) is 7.86. The van der Waals surface area contributed by atoms with Crippen molar-refractivity contribution < 1.29 is 9.21 Å². The summed E-state index contributed by atoms with van der Waals surface area (Å²) in [6, 6.07) is 7.74. The highest BCUT2D eigenvalue weighted by molar-refractivity contribution is 7.99. The largest absolute Gasteiger partial charge is 0.461 e. The highest BCUT2D eigenvalue weighted by atomic mass is 32.2. The van der Waals surface area contributed by atoms with E-state index in [1.807, 2.05) is 29.1 Å². The van der Waals surface area contributed by atoms with Crippen molar-refractivity contribution in [3.05, 3.63) is 40.8 Å². The molecule has 0 aliphatic carbocycles. The summed E-state index contributed by atoms with van der Waals surface area (Å²) in [7, 11) is 1.86. The number of hydrogen-bond donors (Lipinski definition) is 1. The number of thiophene rings is 1. The van der Waals surface area contributed by atoms with Gasteiger partial charge in [0.25, 0.3) is 0 Å². The summed E-state index contributed by atoms with van der Waals surface area (Å²) in [5, 5.41) is 14.1.